The predicted octanol–water partition coefficient (Wildman–Crippen LogP) is 2.01. The average molecular weight is 256 g/mol. The fraction of sp³-hybridized carbons (Fsp3) is 0.500. The number of halogens is 1. The van der Waals surface area contributed by atoms with Crippen LogP contribution in [-0.2, 0) is 0 Å². The summed E-state index contributed by atoms with van der Waals surface area (Å²) < 4.78 is 1.03. The Balaban J connectivity index is 1.99. The van der Waals surface area contributed by atoms with Crippen LogP contribution >= 0.6 is 15.9 Å². The molecule has 2 rings (SSSR count). The zero-order valence-electron chi connectivity index (χ0n) is 7.96. The number of pyridine rings is 1. The fourth-order valence-corrected chi connectivity index (χ4v) is 2.05. The summed E-state index contributed by atoms with van der Waals surface area (Å²) >= 11 is 3.48. The molecule has 0 amide bonds. The SMILES string of the molecule is Brc1cnccc1NC1CCCNC1. The van der Waals surface area contributed by atoms with Gasteiger partial charge in [-0.2, -0.15) is 0 Å². The van der Waals surface area contributed by atoms with Gasteiger partial charge in [0.05, 0.1) is 10.2 Å². The molecule has 2 heterocycles. The second-order valence-electron chi connectivity index (χ2n) is 3.54. The third-order valence-corrected chi connectivity index (χ3v) is 3.06. The van der Waals surface area contributed by atoms with Crippen molar-refractivity contribution in [2.45, 2.75) is 18.9 Å². The Morgan fingerprint density at radius 3 is 3.21 bits per heavy atom. The van der Waals surface area contributed by atoms with Gasteiger partial charge in [-0.25, -0.2) is 0 Å². The van der Waals surface area contributed by atoms with Crippen LogP contribution in [-0.4, -0.2) is 24.1 Å². The summed E-state index contributed by atoms with van der Waals surface area (Å²) in [5, 5.41) is 6.88. The molecule has 76 valence electrons. The van der Waals surface area contributed by atoms with E-state index in [4.69, 9.17) is 0 Å². The van der Waals surface area contributed by atoms with Crippen LogP contribution in [0.15, 0.2) is 22.9 Å². The molecular formula is C10H14BrN3. The highest BCUT2D eigenvalue weighted by atomic mass is 79.9. The van der Waals surface area contributed by atoms with Crippen LogP contribution in [0.4, 0.5) is 5.69 Å². The molecule has 1 saturated heterocycles. The maximum atomic E-state index is 4.04. The predicted molar refractivity (Wildman–Crippen MR) is 61.5 cm³/mol. The molecule has 1 aliphatic rings. The number of rotatable bonds is 2. The minimum atomic E-state index is 0.544. The molecule has 1 aliphatic heterocycles. The van der Waals surface area contributed by atoms with Gasteiger partial charge in [0.25, 0.3) is 0 Å². The van der Waals surface area contributed by atoms with Gasteiger partial charge in [-0.3, -0.25) is 4.98 Å². The Labute approximate surface area is 92.4 Å². The molecule has 4 heteroatoms. The maximum Gasteiger partial charge on any atom is 0.0590 e. The van der Waals surface area contributed by atoms with Crippen molar-refractivity contribution in [1.82, 2.24) is 10.3 Å². The Bertz CT molecular complexity index is 297. The Morgan fingerprint density at radius 1 is 1.57 bits per heavy atom. The first-order valence-electron chi connectivity index (χ1n) is 4.93. The molecule has 0 aromatic carbocycles. The normalized spacial score (nSPS) is 21.9. The summed E-state index contributed by atoms with van der Waals surface area (Å²) in [7, 11) is 0. The molecule has 0 aliphatic carbocycles. The average Bonchev–Trinajstić information content (AvgIpc) is 2.23. The maximum absolute atomic E-state index is 4.04. The molecule has 0 spiro atoms. The minimum Gasteiger partial charge on any atom is -0.380 e. The molecule has 2 N–H and O–H groups in total. The molecule has 1 aromatic heterocycles. The van der Waals surface area contributed by atoms with Crippen molar-refractivity contribution in [2.24, 2.45) is 0 Å². The van der Waals surface area contributed by atoms with E-state index in [0.717, 1.165) is 23.2 Å². The number of hydrogen-bond donors (Lipinski definition) is 2. The van der Waals surface area contributed by atoms with Gasteiger partial charge in [0.15, 0.2) is 0 Å². The van der Waals surface area contributed by atoms with Gasteiger partial charge in [0.2, 0.25) is 0 Å². The zero-order valence-corrected chi connectivity index (χ0v) is 9.55. The first-order chi connectivity index (χ1) is 6.86. The largest absolute Gasteiger partial charge is 0.380 e. The summed E-state index contributed by atoms with van der Waals surface area (Å²) in [6.07, 6.45) is 6.12. The molecule has 3 nitrogen and oxygen atoms in total. The van der Waals surface area contributed by atoms with Crippen molar-refractivity contribution < 1.29 is 0 Å². The highest BCUT2D eigenvalue weighted by Crippen LogP contribution is 2.21. The Hall–Kier alpha value is -0.610. The molecule has 0 radical (unpaired) electrons. The van der Waals surface area contributed by atoms with E-state index >= 15 is 0 Å². The van der Waals surface area contributed by atoms with Crippen molar-refractivity contribution in [3.05, 3.63) is 22.9 Å². The smallest absolute Gasteiger partial charge is 0.0590 e. The van der Waals surface area contributed by atoms with Crippen LogP contribution in [0.1, 0.15) is 12.8 Å². The first-order valence-corrected chi connectivity index (χ1v) is 5.72. The number of piperidine rings is 1. The van der Waals surface area contributed by atoms with Crippen LogP contribution < -0.4 is 10.6 Å². The van der Waals surface area contributed by atoms with E-state index in [0.29, 0.717) is 6.04 Å². The highest BCUT2D eigenvalue weighted by molar-refractivity contribution is 9.10. The van der Waals surface area contributed by atoms with Crippen molar-refractivity contribution in [3.8, 4) is 0 Å². The molecule has 1 aromatic rings. The molecular weight excluding hydrogens is 242 g/mol. The summed E-state index contributed by atoms with van der Waals surface area (Å²) in [4.78, 5) is 4.04. The van der Waals surface area contributed by atoms with Crippen LogP contribution in [0.25, 0.3) is 0 Å². The van der Waals surface area contributed by atoms with E-state index < -0.39 is 0 Å². The van der Waals surface area contributed by atoms with E-state index in [2.05, 4.69) is 31.5 Å². The van der Waals surface area contributed by atoms with Crippen molar-refractivity contribution >= 4 is 21.6 Å². The summed E-state index contributed by atoms with van der Waals surface area (Å²) in [6.45, 7) is 2.20. The highest BCUT2D eigenvalue weighted by Gasteiger charge is 2.13. The van der Waals surface area contributed by atoms with Crippen molar-refractivity contribution in [3.63, 3.8) is 0 Å². The summed E-state index contributed by atoms with van der Waals surface area (Å²) in [6, 6.07) is 2.54. The van der Waals surface area contributed by atoms with E-state index in [1.165, 1.54) is 12.8 Å². The fourth-order valence-electron chi connectivity index (χ4n) is 1.69. The molecule has 0 saturated carbocycles. The quantitative estimate of drug-likeness (QED) is 0.849. The van der Waals surface area contributed by atoms with Crippen LogP contribution in [0.2, 0.25) is 0 Å². The van der Waals surface area contributed by atoms with Crippen molar-refractivity contribution in [2.75, 3.05) is 18.4 Å². The summed E-state index contributed by atoms with van der Waals surface area (Å²) in [5.41, 5.74) is 1.13. The Kier molecular flexibility index (Phi) is 3.37. The second-order valence-corrected chi connectivity index (χ2v) is 4.40. The summed E-state index contributed by atoms with van der Waals surface area (Å²) in [5.74, 6) is 0. The van der Waals surface area contributed by atoms with Crippen LogP contribution in [0.3, 0.4) is 0 Å². The molecule has 1 unspecified atom stereocenters. The lowest BCUT2D eigenvalue weighted by atomic mass is 10.1. The second kappa shape index (κ2) is 4.75. The lowest BCUT2D eigenvalue weighted by molar-refractivity contribution is 0.480. The van der Waals surface area contributed by atoms with Crippen LogP contribution in [0, 0.1) is 0 Å². The van der Waals surface area contributed by atoms with E-state index in [9.17, 15) is 0 Å². The van der Waals surface area contributed by atoms with Gasteiger partial charge in [0, 0.05) is 25.0 Å². The van der Waals surface area contributed by atoms with E-state index in [-0.39, 0.29) is 0 Å². The van der Waals surface area contributed by atoms with Gasteiger partial charge in [-0.1, -0.05) is 0 Å². The monoisotopic (exact) mass is 255 g/mol. The van der Waals surface area contributed by atoms with E-state index in [1.54, 1.807) is 0 Å². The number of nitrogens with one attached hydrogen (secondary N) is 2. The van der Waals surface area contributed by atoms with Gasteiger partial charge in [-0.05, 0) is 41.4 Å². The van der Waals surface area contributed by atoms with Gasteiger partial charge in [0.1, 0.15) is 0 Å². The number of anilines is 1. The molecule has 1 atom stereocenters. The third-order valence-electron chi connectivity index (χ3n) is 2.43. The van der Waals surface area contributed by atoms with Gasteiger partial charge < -0.3 is 10.6 Å². The molecule has 0 bridgehead atoms. The number of nitrogens with zero attached hydrogens (tertiary/aromatic N) is 1. The lowest BCUT2D eigenvalue weighted by Crippen LogP contribution is -2.38. The molecule has 1 fully saturated rings. The number of aromatic nitrogens is 1. The lowest BCUT2D eigenvalue weighted by Gasteiger charge is -2.25. The third kappa shape index (κ3) is 2.45. The minimum absolute atomic E-state index is 0.544. The Morgan fingerprint density at radius 2 is 2.50 bits per heavy atom. The van der Waals surface area contributed by atoms with Gasteiger partial charge in [-0.15, -0.1) is 0 Å². The standard InChI is InChI=1S/C10H14BrN3/c11-9-7-13-5-3-10(9)14-8-2-1-4-12-6-8/h3,5,7-8,12H,1-2,4,6H2,(H,13,14). The van der Waals surface area contributed by atoms with Gasteiger partial charge >= 0.3 is 0 Å². The number of hydrogen-bond acceptors (Lipinski definition) is 3. The van der Waals surface area contributed by atoms with Crippen LogP contribution in [0.5, 0.6) is 0 Å². The molecule has 14 heavy (non-hydrogen) atoms. The van der Waals surface area contributed by atoms with Crippen molar-refractivity contribution in [1.29, 1.82) is 0 Å². The topological polar surface area (TPSA) is 37.0 Å². The zero-order chi connectivity index (χ0) is 9.80. The first kappa shape index (κ1) is 9.93. The van der Waals surface area contributed by atoms with E-state index in [1.807, 2.05) is 18.5 Å².